The van der Waals surface area contributed by atoms with Crippen LogP contribution in [0.15, 0.2) is 82.5 Å². The molecule has 0 aliphatic rings. The molecule has 0 N–H and O–H groups in total. The maximum Gasteiger partial charge on any atom is 2.00 e. The van der Waals surface area contributed by atoms with E-state index in [1.807, 2.05) is 67.0 Å². The van der Waals surface area contributed by atoms with Crippen molar-refractivity contribution in [3.05, 3.63) is 83.9 Å². The Morgan fingerprint density at radius 1 is 0.677 bits per heavy atom. The van der Waals surface area contributed by atoms with Crippen molar-refractivity contribution in [2.75, 3.05) is 0 Å². The number of pyridine rings is 1. The summed E-state index contributed by atoms with van der Waals surface area (Å²) in [6.45, 7) is 0. The molecular formula is C21H15Br4Cl2FeN3. The number of aliphatic imine (C=N–C) groups is 2. The van der Waals surface area contributed by atoms with Crippen molar-refractivity contribution in [1.82, 2.24) is 4.98 Å². The fourth-order valence-corrected chi connectivity index (χ4v) is 4.70. The summed E-state index contributed by atoms with van der Waals surface area (Å²) in [6, 6.07) is 17.9. The fraction of sp³-hybridized carbons (Fsp3) is 0.0952. The molecule has 1 heterocycles. The predicted molar refractivity (Wildman–Crippen MR) is 132 cm³/mol. The maximum absolute atomic E-state index is 4.69. The van der Waals surface area contributed by atoms with Crippen LogP contribution >= 0.6 is 63.7 Å². The second kappa shape index (κ2) is 15.7. The van der Waals surface area contributed by atoms with Crippen LogP contribution in [-0.4, -0.2) is 17.4 Å². The van der Waals surface area contributed by atoms with Gasteiger partial charge in [-0.3, -0.25) is 15.0 Å². The molecule has 1 aromatic heterocycles. The predicted octanol–water partition coefficient (Wildman–Crippen LogP) is 2.03. The summed E-state index contributed by atoms with van der Waals surface area (Å²) in [5, 5.41) is 0. The number of nitrogens with zero attached hydrogens (tertiary/aromatic N) is 3. The normalized spacial score (nSPS) is 10.5. The molecule has 3 aromatic rings. The quantitative estimate of drug-likeness (QED) is 0.281. The molecule has 0 atom stereocenters. The van der Waals surface area contributed by atoms with Crippen molar-refractivity contribution in [3.8, 4) is 0 Å². The number of rotatable bonds is 6. The smallest absolute Gasteiger partial charge is 1.00 e. The Morgan fingerprint density at radius 2 is 1.10 bits per heavy atom. The van der Waals surface area contributed by atoms with Gasteiger partial charge in [-0.15, -0.1) is 0 Å². The number of aromatic nitrogens is 1. The zero-order valence-corrected chi connectivity index (χ0v) is 24.7. The summed E-state index contributed by atoms with van der Waals surface area (Å²) in [4.78, 5) is 13.7. The van der Waals surface area contributed by atoms with Crippen molar-refractivity contribution in [2.45, 2.75) is 12.8 Å². The van der Waals surface area contributed by atoms with Gasteiger partial charge in [-0.05, 0) is 80.4 Å². The summed E-state index contributed by atoms with van der Waals surface area (Å²) in [7, 11) is 0. The average Bonchev–Trinajstić information content (AvgIpc) is 2.66. The van der Waals surface area contributed by atoms with E-state index in [0.717, 1.165) is 40.7 Å². The van der Waals surface area contributed by atoms with Gasteiger partial charge in [-0.1, -0.05) is 37.9 Å². The Labute approximate surface area is 238 Å². The van der Waals surface area contributed by atoms with Crippen LogP contribution in [-0.2, 0) is 29.9 Å². The van der Waals surface area contributed by atoms with Gasteiger partial charge in [0, 0.05) is 54.5 Å². The zero-order chi connectivity index (χ0) is 19.9. The molecule has 0 radical (unpaired) electrons. The topological polar surface area (TPSA) is 37.6 Å². The summed E-state index contributed by atoms with van der Waals surface area (Å²) < 4.78 is 3.94. The Hall–Kier alpha value is -0.0505. The molecule has 0 unspecified atom stereocenters. The minimum Gasteiger partial charge on any atom is -1.00 e. The zero-order valence-electron chi connectivity index (χ0n) is 15.7. The van der Waals surface area contributed by atoms with Crippen molar-refractivity contribution in [3.63, 3.8) is 0 Å². The number of hydrogen-bond acceptors (Lipinski definition) is 3. The number of halogens is 6. The standard InChI is InChI=1S/C21H15Br4N3.2ClH.Fe/c22-14-4-6-20(18(24)12-14)26-10-8-16-2-1-3-17(28-16)9-11-27-21-7-5-15(23)13-19(21)25;;;/h1-7,10-13H,8-9H2;2*1H;/q;;;+2/p-2. The Kier molecular flexibility index (Phi) is 15.7. The Morgan fingerprint density at radius 3 is 1.48 bits per heavy atom. The summed E-state index contributed by atoms with van der Waals surface area (Å²) in [6.07, 6.45) is 5.11. The van der Waals surface area contributed by atoms with E-state index >= 15 is 0 Å². The fourth-order valence-electron chi connectivity index (χ4n) is 2.40. The van der Waals surface area contributed by atoms with Crippen LogP contribution in [0.3, 0.4) is 0 Å². The second-order valence-electron chi connectivity index (χ2n) is 5.84. The van der Waals surface area contributed by atoms with Crippen LogP contribution in [0.4, 0.5) is 11.4 Å². The summed E-state index contributed by atoms with van der Waals surface area (Å²) in [5.74, 6) is 0. The third-order valence-electron chi connectivity index (χ3n) is 3.75. The van der Waals surface area contributed by atoms with Gasteiger partial charge in [-0.25, -0.2) is 0 Å². The van der Waals surface area contributed by atoms with Gasteiger partial charge in [-0.2, -0.15) is 0 Å². The molecule has 0 saturated carbocycles. The molecule has 31 heavy (non-hydrogen) atoms. The third kappa shape index (κ3) is 10.2. The molecule has 3 rings (SSSR count). The van der Waals surface area contributed by atoms with Gasteiger partial charge in [0.15, 0.2) is 0 Å². The molecule has 0 spiro atoms. The molecule has 3 nitrogen and oxygen atoms in total. The number of hydrogen-bond donors (Lipinski definition) is 0. The SMILES string of the molecule is Brc1ccc(N=CCc2cccc(CC=Nc3ccc(Br)cc3Br)n2)c(Br)c1.[Cl-].[Cl-].[Fe+2]. The van der Waals surface area contributed by atoms with Crippen LogP contribution in [0, 0.1) is 0 Å². The molecule has 164 valence electrons. The van der Waals surface area contributed by atoms with E-state index in [1.54, 1.807) is 0 Å². The first-order valence-electron chi connectivity index (χ1n) is 8.41. The summed E-state index contributed by atoms with van der Waals surface area (Å²) in [5.41, 5.74) is 3.75. The van der Waals surface area contributed by atoms with Crippen LogP contribution in [0.1, 0.15) is 11.4 Å². The minimum absolute atomic E-state index is 0. The van der Waals surface area contributed by atoms with E-state index in [9.17, 15) is 0 Å². The van der Waals surface area contributed by atoms with Crippen molar-refractivity contribution in [1.29, 1.82) is 0 Å². The average molecular weight is 756 g/mol. The van der Waals surface area contributed by atoms with Gasteiger partial charge in [0.2, 0.25) is 0 Å². The van der Waals surface area contributed by atoms with Crippen molar-refractivity contribution in [2.24, 2.45) is 9.98 Å². The molecule has 0 aliphatic heterocycles. The Bertz CT molecular complexity index is 970. The van der Waals surface area contributed by atoms with Crippen LogP contribution in [0.25, 0.3) is 0 Å². The second-order valence-corrected chi connectivity index (χ2v) is 9.38. The van der Waals surface area contributed by atoms with E-state index in [4.69, 9.17) is 0 Å². The first-order chi connectivity index (χ1) is 13.5. The largest absolute Gasteiger partial charge is 2.00 e. The van der Waals surface area contributed by atoms with Crippen LogP contribution in [0.5, 0.6) is 0 Å². The van der Waals surface area contributed by atoms with Gasteiger partial charge in [0.25, 0.3) is 0 Å². The molecule has 0 aliphatic carbocycles. The van der Waals surface area contributed by atoms with E-state index < -0.39 is 0 Å². The van der Waals surface area contributed by atoms with Gasteiger partial charge >= 0.3 is 17.1 Å². The monoisotopic (exact) mass is 751 g/mol. The molecule has 10 heteroatoms. The minimum atomic E-state index is 0. The molecule has 2 aromatic carbocycles. The Balaban J connectivity index is 0.00000300. The van der Waals surface area contributed by atoms with E-state index in [1.165, 1.54) is 0 Å². The molecule has 0 amide bonds. The van der Waals surface area contributed by atoms with Crippen LogP contribution < -0.4 is 24.8 Å². The van der Waals surface area contributed by atoms with E-state index in [0.29, 0.717) is 12.8 Å². The number of benzene rings is 2. The third-order valence-corrected chi connectivity index (χ3v) is 6.00. The first kappa shape index (κ1) is 30.9. The van der Waals surface area contributed by atoms with E-state index in [-0.39, 0.29) is 41.9 Å². The van der Waals surface area contributed by atoms with Crippen molar-refractivity contribution >= 4 is 87.5 Å². The van der Waals surface area contributed by atoms with Gasteiger partial charge in [0.05, 0.1) is 11.4 Å². The molecule has 0 fully saturated rings. The molecule has 0 bridgehead atoms. The van der Waals surface area contributed by atoms with Crippen molar-refractivity contribution < 1.29 is 41.9 Å². The van der Waals surface area contributed by atoms with Gasteiger partial charge in [0.1, 0.15) is 0 Å². The van der Waals surface area contributed by atoms with Gasteiger partial charge < -0.3 is 24.8 Å². The van der Waals surface area contributed by atoms with Crippen LogP contribution in [0.2, 0.25) is 0 Å². The maximum atomic E-state index is 4.69. The molecule has 0 saturated heterocycles. The summed E-state index contributed by atoms with van der Waals surface area (Å²) >= 11 is 13.9. The van der Waals surface area contributed by atoms with E-state index in [2.05, 4.69) is 78.7 Å². The molecular weight excluding hydrogens is 741 g/mol. The first-order valence-corrected chi connectivity index (χ1v) is 11.6.